The first-order valence-electron chi connectivity index (χ1n) is 6.48. The van der Waals surface area contributed by atoms with Gasteiger partial charge in [0.05, 0.1) is 12.8 Å². The lowest BCUT2D eigenvalue weighted by molar-refractivity contribution is -0.136. The highest BCUT2D eigenvalue weighted by Crippen LogP contribution is 2.11. The molecule has 5 nitrogen and oxygen atoms in total. The van der Waals surface area contributed by atoms with E-state index in [9.17, 15) is 4.79 Å². The van der Waals surface area contributed by atoms with Gasteiger partial charge in [0.25, 0.3) is 0 Å². The molecule has 0 radical (unpaired) electrons. The van der Waals surface area contributed by atoms with Crippen LogP contribution in [0.4, 0.5) is 0 Å². The molecule has 0 saturated heterocycles. The lowest BCUT2D eigenvalue weighted by Gasteiger charge is -2.05. The number of hydrogen-bond donors (Lipinski definition) is 1. The van der Waals surface area contributed by atoms with Gasteiger partial charge in [0.2, 0.25) is 0 Å². The van der Waals surface area contributed by atoms with E-state index in [4.69, 9.17) is 4.74 Å². The highest BCUT2D eigenvalue weighted by molar-refractivity contribution is 5.88. The van der Waals surface area contributed by atoms with Crippen molar-refractivity contribution >= 4 is 5.97 Å². The average molecular weight is 265 g/mol. The van der Waals surface area contributed by atoms with Crippen LogP contribution in [-0.4, -0.2) is 29.4 Å². The summed E-state index contributed by atoms with van der Waals surface area (Å²) >= 11 is 0. The maximum atomic E-state index is 11.4. The summed E-state index contributed by atoms with van der Waals surface area (Å²) in [6.07, 6.45) is 2.56. The maximum absolute atomic E-state index is 11.4. The molecule has 0 aliphatic heterocycles. The molecule has 0 bridgehead atoms. The summed E-state index contributed by atoms with van der Waals surface area (Å²) in [6, 6.07) is 0. The average Bonchev–Trinajstić information content (AvgIpc) is 2.64. The van der Waals surface area contributed by atoms with E-state index < -0.39 is 0 Å². The Balaban J connectivity index is 2.55. The summed E-state index contributed by atoms with van der Waals surface area (Å²) in [4.78, 5) is 11.4. The van der Waals surface area contributed by atoms with Crippen LogP contribution in [0.3, 0.4) is 0 Å². The third kappa shape index (κ3) is 3.92. The minimum atomic E-state index is -0.252. The van der Waals surface area contributed by atoms with Gasteiger partial charge < -0.3 is 10.1 Å². The zero-order chi connectivity index (χ0) is 14.4. The summed E-state index contributed by atoms with van der Waals surface area (Å²) in [5, 5.41) is 7.67. The molecule has 0 amide bonds. The predicted molar refractivity (Wildman–Crippen MR) is 74.8 cm³/mol. The Morgan fingerprint density at radius 1 is 1.47 bits per heavy atom. The van der Waals surface area contributed by atoms with Gasteiger partial charge in [-0.15, -0.1) is 0 Å². The van der Waals surface area contributed by atoms with Crippen molar-refractivity contribution in [3.05, 3.63) is 28.6 Å². The lowest BCUT2D eigenvalue weighted by Crippen LogP contribution is -2.16. The Morgan fingerprint density at radius 2 is 2.16 bits per heavy atom. The van der Waals surface area contributed by atoms with Gasteiger partial charge in [-0.3, -0.25) is 4.68 Å². The zero-order valence-electron chi connectivity index (χ0n) is 12.4. The van der Waals surface area contributed by atoms with Crippen molar-refractivity contribution < 1.29 is 9.53 Å². The third-order valence-corrected chi connectivity index (χ3v) is 3.28. The molecular weight excluding hydrogens is 242 g/mol. The molecule has 1 aromatic rings. The van der Waals surface area contributed by atoms with E-state index in [2.05, 4.69) is 17.3 Å². The van der Waals surface area contributed by atoms with Gasteiger partial charge in [-0.25, -0.2) is 4.79 Å². The molecule has 1 heterocycles. The molecule has 5 heteroatoms. The molecule has 1 N–H and O–H groups in total. The van der Waals surface area contributed by atoms with E-state index in [0.717, 1.165) is 17.9 Å². The fourth-order valence-corrected chi connectivity index (χ4v) is 1.97. The highest BCUT2D eigenvalue weighted by atomic mass is 16.5. The fourth-order valence-electron chi connectivity index (χ4n) is 1.97. The largest absolute Gasteiger partial charge is 0.466 e. The third-order valence-electron chi connectivity index (χ3n) is 3.28. The summed E-state index contributed by atoms with van der Waals surface area (Å²) in [5.74, 6) is -0.252. The van der Waals surface area contributed by atoms with Crippen LogP contribution >= 0.6 is 0 Å². The molecule has 0 unspecified atom stereocenters. The Morgan fingerprint density at radius 3 is 2.63 bits per heavy atom. The predicted octanol–water partition coefficient (Wildman–Crippen LogP) is 1.64. The number of aryl methyl sites for hydroxylation is 2. The summed E-state index contributed by atoms with van der Waals surface area (Å²) < 4.78 is 6.59. The molecule has 0 saturated carbocycles. The molecule has 0 aromatic carbocycles. The van der Waals surface area contributed by atoms with E-state index in [1.54, 1.807) is 0 Å². The number of carbonyl (C=O) groups is 1. The van der Waals surface area contributed by atoms with Crippen molar-refractivity contribution in [2.45, 2.75) is 33.7 Å². The number of ether oxygens (including phenoxy) is 1. The molecule has 0 aliphatic rings. The zero-order valence-corrected chi connectivity index (χ0v) is 12.4. The van der Waals surface area contributed by atoms with Crippen molar-refractivity contribution in [3.63, 3.8) is 0 Å². The number of esters is 1. The second-order valence-corrected chi connectivity index (χ2v) is 4.48. The maximum Gasteiger partial charge on any atom is 0.333 e. The van der Waals surface area contributed by atoms with Gasteiger partial charge in [0.1, 0.15) is 0 Å². The highest BCUT2D eigenvalue weighted by Gasteiger charge is 2.09. The van der Waals surface area contributed by atoms with E-state index >= 15 is 0 Å². The first-order chi connectivity index (χ1) is 9.01. The summed E-state index contributed by atoms with van der Waals surface area (Å²) in [7, 11) is 3.35. The van der Waals surface area contributed by atoms with E-state index in [-0.39, 0.29) is 5.97 Å². The first-order valence-corrected chi connectivity index (χ1v) is 6.48. The Bertz CT molecular complexity index is 475. The van der Waals surface area contributed by atoms with Crippen LogP contribution in [0.15, 0.2) is 11.6 Å². The minimum Gasteiger partial charge on any atom is -0.466 e. The minimum absolute atomic E-state index is 0.252. The topological polar surface area (TPSA) is 56.2 Å². The summed E-state index contributed by atoms with van der Waals surface area (Å²) in [6.45, 7) is 7.40. The van der Waals surface area contributed by atoms with Crippen LogP contribution < -0.4 is 5.32 Å². The quantitative estimate of drug-likeness (QED) is 0.482. The van der Waals surface area contributed by atoms with E-state index in [1.807, 2.05) is 31.7 Å². The number of carbonyl (C=O) groups excluding carboxylic acids is 1. The van der Waals surface area contributed by atoms with Gasteiger partial charge in [-0.2, -0.15) is 5.10 Å². The molecule has 1 aromatic heterocycles. The van der Waals surface area contributed by atoms with Gasteiger partial charge in [0, 0.05) is 37.0 Å². The van der Waals surface area contributed by atoms with Crippen LogP contribution in [0.25, 0.3) is 0 Å². The summed E-state index contributed by atoms with van der Waals surface area (Å²) in [5.41, 5.74) is 4.12. The molecular formula is C14H23N3O2. The number of aromatic nitrogens is 2. The smallest absolute Gasteiger partial charge is 0.333 e. The number of rotatable bonds is 6. The SMILES string of the molecule is CCC(=CCNCc1c(C)nn(C)c1C)C(=O)OC. The second-order valence-electron chi connectivity index (χ2n) is 4.48. The Labute approximate surface area is 114 Å². The van der Waals surface area contributed by atoms with Gasteiger partial charge in [-0.1, -0.05) is 13.0 Å². The van der Waals surface area contributed by atoms with Gasteiger partial charge >= 0.3 is 5.97 Å². The molecule has 1 rings (SSSR count). The van der Waals surface area contributed by atoms with Crippen LogP contribution in [-0.2, 0) is 23.1 Å². The molecule has 19 heavy (non-hydrogen) atoms. The lowest BCUT2D eigenvalue weighted by atomic mass is 10.2. The number of nitrogens with zero attached hydrogens (tertiary/aromatic N) is 2. The molecule has 0 atom stereocenters. The first kappa shape index (κ1) is 15.4. The van der Waals surface area contributed by atoms with Crippen molar-refractivity contribution in [1.82, 2.24) is 15.1 Å². The van der Waals surface area contributed by atoms with Crippen molar-refractivity contribution in [1.29, 1.82) is 0 Å². The molecule has 0 fully saturated rings. The number of methoxy groups -OCH3 is 1. The molecule has 0 aliphatic carbocycles. The fraction of sp³-hybridized carbons (Fsp3) is 0.571. The van der Waals surface area contributed by atoms with Crippen LogP contribution in [0.5, 0.6) is 0 Å². The van der Waals surface area contributed by atoms with E-state index in [0.29, 0.717) is 18.5 Å². The Hall–Kier alpha value is -1.62. The monoisotopic (exact) mass is 265 g/mol. The number of nitrogens with one attached hydrogen (secondary N) is 1. The molecule has 0 spiro atoms. The standard InChI is InChI=1S/C14H23N3O2/c1-6-12(14(18)19-5)7-8-15-9-13-10(2)16-17(4)11(13)3/h7,15H,6,8-9H2,1-5H3. The normalized spacial score (nSPS) is 11.7. The van der Waals surface area contributed by atoms with Crippen molar-refractivity contribution in [2.24, 2.45) is 7.05 Å². The van der Waals surface area contributed by atoms with Gasteiger partial charge in [-0.05, 0) is 20.3 Å². The Kier molecular flexibility index (Phi) is 5.76. The second kappa shape index (κ2) is 7.09. The number of hydrogen-bond acceptors (Lipinski definition) is 4. The van der Waals surface area contributed by atoms with Crippen molar-refractivity contribution in [2.75, 3.05) is 13.7 Å². The van der Waals surface area contributed by atoms with Crippen LogP contribution in [0.1, 0.15) is 30.3 Å². The van der Waals surface area contributed by atoms with Gasteiger partial charge in [0.15, 0.2) is 0 Å². The van der Waals surface area contributed by atoms with E-state index in [1.165, 1.54) is 12.7 Å². The van der Waals surface area contributed by atoms with Crippen LogP contribution in [0.2, 0.25) is 0 Å². The molecule has 106 valence electrons. The van der Waals surface area contributed by atoms with Crippen molar-refractivity contribution in [3.8, 4) is 0 Å². The van der Waals surface area contributed by atoms with Crippen LogP contribution in [0, 0.1) is 13.8 Å².